The molecule has 1 fully saturated rings. The number of ether oxygens (including phenoxy) is 2. The molecule has 0 spiro atoms. The molecular formula is C17H18ClNO3. The van der Waals surface area contributed by atoms with Crippen LogP contribution in [0.25, 0.3) is 10.9 Å². The monoisotopic (exact) mass is 319 g/mol. The van der Waals surface area contributed by atoms with Crippen LogP contribution in [0.3, 0.4) is 0 Å². The Morgan fingerprint density at radius 3 is 2.77 bits per heavy atom. The predicted octanol–water partition coefficient (Wildman–Crippen LogP) is 4.06. The van der Waals surface area contributed by atoms with Gasteiger partial charge in [0.2, 0.25) is 5.60 Å². The van der Waals surface area contributed by atoms with Crippen LogP contribution in [0, 0.1) is 6.92 Å². The van der Waals surface area contributed by atoms with Crippen LogP contribution in [0.15, 0.2) is 24.3 Å². The fourth-order valence-corrected chi connectivity index (χ4v) is 2.87. The number of rotatable bonds is 4. The van der Waals surface area contributed by atoms with E-state index in [2.05, 4.69) is 4.98 Å². The summed E-state index contributed by atoms with van der Waals surface area (Å²) in [7, 11) is 0. The van der Waals surface area contributed by atoms with E-state index in [0.29, 0.717) is 30.4 Å². The van der Waals surface area contributed by atoms with Crippen LogP contribution in [-0.4, -0.2) is 23.2 Å². The van der Waals surface area contributed by atoms with Crippen molar-refractivity contribution in [2.75, 3.05) is 6.61 Å². The van der Waals surface area contributed by atoms with Gasteiger partial charge in [0.05, 0.1) is 12.1 Å². The number of carbonyl (C=O) groups is 1. The zero-order chi connectivity index (χ0) is 15.7. The van der Waals surface area contributed by atoms with E-state index < -0.39 is 5.60 Å². The van der Waals surface area contributed by atoms with Crippen molar-refractivity contribution in [2.45, 2.75) is 38.7 Å². The second-order valence-corrected chi connectivity index (χ2v) is 6.02. The predicted molar refractivity (Wildman–Crippen MR) is 85.3 cm³/mol. The summed E-state index contributed by atoms with van der Waals surface area (Å²) in [6.45, 7) is 4.14. The molecule has 1 saturated carbocycles. The Labute approximate surface area is 134 Å². The first-order valence-corrected chi connectivity index (χ1v) is 7.85. The maximum absolute atomic E-state index is 12.2. The minimum atomic E-state index is -0.876. The summed E-state index contributed by atoms with van der Waals surface area (Å²) in [5, 5.41) is 1.21. The summed E-state index contributed by atoms with van der Waals surface area (Å²) in [6.07, 6.45) is 2.28. The highest BCUT2D eigenvalue weighted by atomic mass is 35.5. The molecule has 1 heterocycles. The molecule has 116 valence electrons. The van der Waals surface area contributed by atoms with Crippen molar-refractivity contribution in [1.29, 1.82) is 0 Å². The number of esters is 1. The van der Waals surface area contributed by atoms with Gasteiger partial charge < -0.3 is 9.47 Å². The molecule has 3 rings (SSSR count). The van der Waals surface area contributed by atoms with E-state index in [-0.39, 0.29) is 5.97 Å². The summed E-state index contributed by atoms with van der Waals surface area (Å²) in [5.41, 5.74) is 0.983. The van der Waals surface area contributed by atoms with E-state index in [9.17, 15) is 4.79 Å². The lowest BCUT2D eigenvalue weighted by atomic mass is 9.80. The highest BCUT2D eigenvalue weighted by Crippen LogP contribution is 2.40. The topological polar surface area (TPSA) is 48.4 Å². The maximum atomic E-state index is 12.2. The molecule has 4 nitrogen and oxygen atoms in total. The van der Waals surface area contributed by atoms with E-state index in [4.69, 9.17) is 21.1 Å². The van der Waals surface area contributed by atoms with E-state index in [0.717, 1.165) is 22.9 Å². The van der Waals surface area contributed by atoms with Crippen molar-refractivity contribution in [3.8, 4) is 5.75 Å². The third-order valence-corrected chi connectivity index (χ3v) is 4.20. The van der Waals surface area contributed by atoms with Gasteiger partial charge in [0, 0.05) is 11.5 Å². The Hall–Kier alpha value is -1.81. The molecule has 0 saturated heterocycles. The van der Waals surface area contributed by atoms with Crippen molar-refractivity contribution in [3.63, 3.8) is 0 Å². The van der Waals surface area contributed by atoms with Crippen LogP contribution >= 0.6 is 11.6 Å². The van der Waals surface area contributed by atoms with Crippen molar-refractivity contribution >= 4 is 28.5 Å². The average Bonchev–Trinajstić information content (AvgIpc) is 2.42. The van der Waals surface area contributed by atoms with Crippen molar-refractivity contribution in [2.24, 2.45) is 0 Å². The van der Waals surface area contributed by atoms with Gasteiger partial charge in [0.25, 0.3) is 0 Å². The molecular weight excluding hydrogens is 302 g/mol. The molecule has 0 bridgehead atoms. The lowest BCUT2D eigenvalue weighted by molar-refractivity contribution is -0.169. The normalized spacial score (nSPS) is 16.1. The number of carbonyl (C=O) groups excluding carboxylic acids is 1. The summed E-state index contributed by atoms with van der Waals surface area (Å²) < 4.78 is 11.3. The van der Waals surface area contributed by atoms with Crippen LogP contribution in [0.5, 0.6) is 5.75 Å². The molecule has 0 N–H and O–H groups in total. The average molecular weight is 320 g/mol. The Kier molecular flexibility index (Phi) is 3.96. The van der Waals surface area contributed by atoms with Gasteiger partial charge in [-0.15, -0.1) is 0 Å². The molecule has 1 aliphatic carbocycles. The quantitative estimate of drug-likeness (QED) is 0.630. The van der Waals surface area contributed by atoms with E-state index in [1.54, 1.807) is 13.0 Å². The molecule has 0 unspecified atom stereocenters. The number of fused-ring (bicyclic) bond motifs is 1. The van der Waals surface area contributed by atoms with Crippen LogP contribution in [0.2, 0.25) is 5.15 Å². The van der Waals surface area contributed by atoms with E-state index >= 15 is 0 Å². The molecule has 1 aromatic carbocycles. The van der Waals surface area contributed by atoms with Gasteiger partial charge in [0.1, 0.15) is 10.9 Å². The highest BCUT2D eigenvalue weighted by Gasteiger charge is 2.48. The van der Waals surface area contributed by atoms with Crippen molar-refractivity contribution in [1.82, 2.24) is 4.98 Å². The number of nitrogens with zero attached hydrogens (tertiary/aromatic N) is 1. The molecule has 0 radical (unpaired) electrons. The molecule has 5 heteroatoms. The maximum Gasteiger partial charge on any atom is 0.350 e. The van der Waals surface area contributed by atoms with Crippen LogP contribution < -0.4 is 4.74 Å². The standard InChI is InChI=1S/C17H18ClNO3/c1-3-21-16(20)17(7-4-8-17)22-14-10-15(18)19-13-9-11(2)5-6-12(13)14/h5-6,9-10H,3-4,7-8H2,1-2H3. The summed E-state index contributed by atoms with van der Waals surface area (Å²) in [4.78, 5) is 16.6. The first-order valence-electron chi connectivity index (χ1n) is 7.47. The number of hydrogen-bond acceptors (Lipinski definition) is 4. The second kappa shape index (κ2) is 5.76. The zero-order valence-corrected chi connectivity index (χ0v) is 13.4. The van der Waals surface area contributed by atoms with Crippen LogP contribution in [0.1, 0.15) is 31.7 Å². The first kappa shape index (κ1) is 15.1. The fraction of sp³-hybridized carbons (Fsp3) is 0.412. The number of aromatic nitrogens is 1. The number of hydrogen-bond donors (Lipinski definition) is 0. The smallest absolute Gasteiger partial charge is 0.350 e. The molecule has 22 heavy (non-hydrogen) atoms. The molecule has 0 aliphatic heterocycles. The first-order chi connectivity index (χ1) is 10.5. The van der Waals surface area contributed by atoms with Gasteiger partial charge in [-0.25, -0.2) is 9.78 Å². The Morgan fingerprint density at radius 2 is 2.14 bits per heavy atom. The number of benzene rings is 1. The summed E-state index contributed by atoms with van der Waals surface area (Å²) in [6, 6.07) is 7.55. The summed E-state index contributed by atoms with van der Waals surface area (Å²) in [5.74, 6) is 0.289. The lowest BCUT2D eigenvalue weighted by Crippen LogP contribution is -2.51. The van der Waals surface area contributed by atoms with Crippen LogP contribution in [-0.2, 0) is 9.53 Å². The summed E-state index contributed by atoms with van der Waals surface area (Å²) >= 11 is 6.10. The molecule has 2 aromatic rings. The third kappa shape index (κ3) is 2.63. The van der Waals surface area contributed by atoms with Crippen molar-refractivity contribution < 1.29 is 14.3 Å². The fourth-order valence-electron chi connectivity index (χ4n) is 2.68. The van der Waals surface area contributed by atoms with Gasteiger partial charge in [-0.3, -0.25) is 0 Å². The van der Waals surface area contributed by atoms with Crippen LogP contribution in [0.4, 0.5) is 0 Å². The van der Waals surface area contributed by atoms with Gasteiger partial charge in [-0.2, -0.15) is 0 Å². The lowest BCUT2D eigenvalue weighted by Gasteiger charge is -2.39. The van der Waals surface area contributed by atoms with E-state index in [1.807, 2.05) is 25.1 Å². The van der Waals surface area contributed by atoms with Gasteiger partial charge in [-0.1, -0.05) is 17.7 Å². The van der Waals surface area contributed by atoms with Crippen molar-refractivity contribution in [3.05, 3.63) is 35.0 Å². The number of halogens is 1. The molecule has 1 aliphatic rings. The largest absolute Gasteiger partial charge is 0.475 e. The minimum Gasteiger partial charge on any atom is -0.475 e. The van der Waals surface area contributed by atoms with Gasteiger partial charge in [-0.05, 0) is 50.8 Å². The Bertz CT molecular complexity index is 720. The second-order valence-electron chi connectivity index (χ2n) is 5.63. The SMILES string of the molecule is CCOC(=O)C1(Oc2cc(Cl)nc3cc(C)ccc23)CCC1. The van der Waals surface area contributed by atoms with Gasteiger partial charge >= 0.3 is 5.97 Å². The third-order valence-electron chi connectivity index (χ3n) is 4.01. The highest BCUT2D eigenvalue weighted by molar-refractivity contribution is 6.30. The molecule has 1 aromatic heterocycles. The minimum absolute atomic E-state index is 0.297. The Morgan fingerprint density at radius 1 is 1.36 bits per heavy atom. The van der Waals surface area contributed by atoms with Gasteiger partial charge in [0.15, 0.2) is 0 Å². The zero-order valence-electron chi connectivity index (χ0n) is 12.7. The Balaban J connectivity index is 2.01. The molecule has 0 amide bonds. The van der Waals surface area contributed by atoms with E-state index in [1.165, 1.54) is 0 Å². The number of aryl methyl sites for hydroxylation is 1. The molecule has 0 atom stereocenters. The number of pyridine rings is 1.